The molecule has 0 radical (unpaired) electrons. The van der Waals surface area contributed by atoms with Crippen molar-refractivity contribution in [3.8, 4) is 0 Å². The van der Waals surface area contributed by atoms with E-state index in [4.69, 9.17) is 0 Å². The Labute approximate surface area is 119 Å². The number of carboxylic acids is 1. The minimum Gasteiger partial charge on any atom is -0.481 e. The van der Waals surface area contributed by atoms with Crippen LogP contribution in [-0.4, -0.2) is 29.1 Å². The summed E-state index contributed by atoms with van der Waals surface area (Å²) in [5, 5.41) is 9.47. The minimum atomic E-state index is -0.698. The zero-order valence-electron chi connectivity index (χ0n) is 12.1. The molecule has 2 rings (SSSR count). The third-order valence-electron chi connectivity index (χ3n) is 4.60. The summed E-state index contributed by atoms with van der Waals surface area (Å²) in [6, 6.07) is 6.71. The van der Waals surface area contributed by atoms with E-state index in [1.165, 1.54) is 12.1 Å². The van der Waals surface area contributed by atoms with Crippen LogP contribution < -0.4 is 0 Å². The number of rotatable bonds is 5. The molecular weight excluding hydrogens is 257 g/mol. The largest absolute Gasteiger partial charge is 0.481 e. The Kier molecular flexibility index (Phi) is 4.43. The van der Waals surface area contributed by atoms with Crippen LogP contribution in [0.25, 0.3) is 0 Å². The van der Waals surface area contributed by atoms with Crippen LogP contribution in [0, 0.1) is 11.2 Å². The van der Waals surface area contributed by atoms with Crippen molar-refractivity contribution >= 4 is 5.97 Å². The van der Waals surface area contributed by atoms with Crippen molar-refractivity contribution in [2.45, 2.75) is 39.2 Å². The number of hydrogen-bond acceptors (Lipinski definition) is 2. The van der Waals surface area contributed by atoms with E-state index in [1.807, 2.05) is 6.92 Å². The molecule has 4 heteroatoms. The first-order valence-electron chi connectivity index (χ1n) is 7.25. The van der Waals surface area contributed by atoms with Gasteiger partial charge in [0.15, 0.2) is 0 Å². The number of nitrogens with zero attached hydrogens (tertiary/aromatic N) is 1. The van der Waals surface area contributed by atoms with E-state index < -0.39 is 11.4 Å². The molecule has 1 aromatic carbocycles. The Balaban J connectivity index is 2.18. The van der Waals surface area contributed by atoms with Crippen LogP contribution in [-0.2, 0) is 4.79 Å². The van der Waals surface area contributed by atoms with E-state index >= 15 is 0 Å². The van der Waals surface area contributed by atoms with Crippen LogP contribution in [0.3, 0.4) is 0 Å². The SMILES string of the molecule is CCC(c1ccc(F)cc1)N1CCC(CC)(C(=O)O)C1. The molecule has 0 aliphatic carbocycles. The third kappa shape index (κ3) is 2.70. The monoisotopic (exact) mass is 279 g/mol. The number of benzene rings is 1. The molecule has 1 N–H and O–H groups in total. The molecule has 0 saturated carbocycles. The highest BCUT2D eigenvalue weighted by molar-refractivity contribution is 5.75. The van der Waals surface area contributed by atoms with Gasteiger partial charge in [0, 0.05) is 12.6 Å². The quantitative estimate of drug-likeness (QED) is 0.897. The maximum atomic E-state index is 13.0. The molecule has 1 aromatic rings. The second-order valence-electron chi connectivity index (χ2n) is 5.64. The van der Waals surface area contributed by atoms with Crippen LogP contribution in [0.4, 0.5) is 4.39 Å². The fraction of sp³-hybridized carbons (Fsp3) is 0.562. The standard InChI is InChI=1S/C16H22FNO2/c1-3-14(12-5-7-13(17)8-6-12)18-10-9-16(4-2,11-18)15(19)20/h5-8,14H,3-4,9-11H2,1-2H3,(H,19,20). The zero-order chi connectivity index (χ0) is 14.8. The summed E-state index contributed by atoms with van der Waals surface area (Å²) in [4.78, 5) is 13.7. The summed E-state index contributed by atoms with van der Waals surface area (Å²) in [7, 11) is 0. The van der Waals surface area contributed by atoms with Gasteiger partial charge in [-0.25, -0.2) is 4.39 Å². The fourth-order valence-electron chi connectivity index (χ4n) is 3.17. The van der Waals surface area contributed by atoms with Gasteiger partial charge in [-0.15, -0.1) is 0 Å². The highest BCUT2D eigenvalue weighted by Crippen LogP contribution is 2.39. The number of aliphatic carboxylic acids is 1. The second-order valence-corrected chi connectivity index (χ2v) is 5.64. The Morgan fingerprint density at radius 3 is 2.50 bits per heavy atom. The molecule has 0 aromatic heterocycles. The van der Waals surface area contributed by atoms with Crippen molar-refractivity contribution in [1.29, 1.82) is 0 Å². The van der Waals surface area contributed by atoms with Crippen molar-refractivity contribution in [2.75, 3.05) is 13.1 Å². The molecule has 110 valence electrons. The summed E-state index contributed by atoms with van der Waals surface area (Å²) >= 11 is 0. The smallest absolute Gasteiger partial charge is 0.310 e. The average Bonchev–Trinajstić information content (AvgIpc) is 2.87. The lowest BCUT2D eigenvalue weighted by Gasteiger charge is -2.29. The molecular formula is C16H22FNO2. The molecule has 3 nitrogen and oxygen atoms in total. The average molecular weight is 279 g/mol. The second kappa shape index (κ2) is 5.92. The summed E-state index contributed by atoms with van der Waals surface area (Å²) < 4.78 is 13.0. The van der Waals surface area contributed by atoms with Gasteiger partial charge in [-0.1, -0.05) is 26.0 Å². The number of hydrogen-bond donors (Lipinski definition) is 1. The summed E-state index contributed by atoms with van der Waals surface area (Å²) in [6.07, 6.45) is 2.24. The van der Waals surface area contributed by atoms with Crippen LogP contribution in [0.1, 0.15) is 44.7 Å². The van der Waals surface area contributed by atoms with Gasteiger partial charge in [0.1, 0.15) is 5.82 Å². The summed E-state index contributed by atoms with van der Waals surface area (Å²) in [5.74, 6) is -0.935. The molecule has 2 unspecified atom stereocenters. The Morgan fingerprint density at radius 1 is 1.40 bits per heavy atom. The number of carbonyl (C=O) groups is 1. The third-order valence-corrected chi connectivity index (χ3v) is 4.60. The maximum Gasteiger partial charge on any atom is 0.310 e. The zero-order valence-corrected chi connectivity index (χ0v) is 12.1. The first-order valence-corrected chi connectivity index (χ1v) is 7.25. The molecule has 1 heterocycles. The van der Waals surface area contributed by atoms with Gasteiger partial charge in [-0.05, 0) is 43.5 Å². The first-order chi connectivity index (χ1) is 9.52. The van der Waals surface area contributed by atoms with Crippen molar-refractivity contribution in [3.63, 3.8) is 0 Å². The van der Waals surface area contributed by atoms with Gasteiger partial charge in [0.2, 0.25) is 0 Å². The predicted octanol–water partition coefficient (Wildman–Crippen LogP) is 3.46. The Bertz CT molecular complexity index is 474. The molecule has 1 saturated heterocycles. The van der Waals surface area contributed by atoms with E-state index in [2.05, 4.69) is 11.8 Å². The van der Waals surface area contributed by atoms with Crippen molar-refractivity contribution in [3.05, 3.63) is 35.6 Å². The van der Waals surface area contributed by atoms with E-state index in [9.17, 15) is 14.3 Å². The van der Waals surface area contributed by atoms with E-state index in [0.29, 0.717) is 19.4 Å². The van der Waals surface area contributed by atoms with Gasteiger partial charge in [-0.2, -0.15) is 0 Å². The van der Waals surface area contributed by atoms with Gasteiger partial charge >= 0.3 is 5.97 Å². The van der Waals surface area contributed by atoms with E-state index in [-0.39, 0.29) is 11.9 Å². The predicted molar refractivity (Wildman–Crippen MR) is 76.0 cm³/mol. The molecule has 1 aliphatic rings. The Morgan fingerprint density at radius 2 is 2.05 bits per heavy atom. The van der Waals surface area contributed by atoms with Crippen molar-refractivity contribution in [1.82, 2.24) is 4.90 Å². The van der Waals surface area contributed by atoms with E-state index in [1.54, 1.807) is 12.1 Å². The highest BCUT2D eigenvalue weighted by Gasteiger charge is 2.44. The van der Waals surface area contributed by atoms with Gasteiger partial charge < -0.3 is 5.11 Å². The molecule has 1 fully saturated rings. The van der Waals surface area contributed by atoms with Gasteiger partial charge in [0.05, 0.1) is 5.41 Å². The van der Waals surface area contributed by atoms with E-state index in [0.717, 1.165) is 18.5 Å². The number of carboxylic acid groups (broad SMARTS) is 1. The lowest BCUT2D eigenvalue weighted by Crippen LogP contribution is -2.35. The Hall–Kier alpha value is -1.42. The van der Waals surface area contributed by atoms with Crippen molar-refractivity contribution < 1.29 is 14.3 Å². The molecule has 1 aliphatic heterocycles. The molecule has 0 amide bonds. The first kappa shape index (κ1) is 15.0. The van der Waals surface area contributed by atoms with Gasteiger partial charge in [-0.3, -0.25) is 9.69 Å². The molecule has 0 spiro atoms. The normalized spacial score (nSPS) is 24.8. The lowest BCUT2D eigenvalue weighted by atomic mass is 9.84. The fourth-order valence-corrected chi connectivity index (χ4v) is 3.17. The number of halogens is 1. The lowest BCUT2D eigenvalue weighted by molar-refractivity contribution is -0.148. The topological polar surface area (TPSA) is 40.5 Å². The van der Waals surface area contributed by atoms with Gasteiger partial charge in [0.25, 0.3) is 0 Å². The van der Waals surface area contributed by atoms with Crippen LogP contribution >= 0.6 is 0 Å². The number of likely N-dealkylation sites (tertiary alicyclic amines) is 1. The van der Waals surface area contributed by atoms with Crippen molar-refractivity contribution in [2.24, 2.45) is 5.41 Å². The molecule has 2 atom stereocenters. The van der Waals surface area contributed by atoms with Crippen LogP contribution in [0.15, 0.2) is 24.3 Å². The molecule has 0 bridgehead atoms. The highest BCUT2D eigenvalue weighted by atomic mass is 19.1. The minimum absolute atomic E-state index is 0.170. The summed E-state index contributed by atoms with van der Waals surface area (Å²) in [6.45, 7) is 5.39. The maximum absolute atomic E-state index is 13.0. The summed E-state index contributed by atoms with van der Waals surface area (Å²) in [5.41, 5.74) is 0.444. The van der Waals surface area contributed by atoms with Crippen LogP contribution in [0.5, 0.6) is 0 Å². The molecule has 20 heavy (non-hydrogen) atoms. The van der Waals surface area contributed by atoms with Crippen LogP contribution in [0.2, 0.25) is 0 Å².